The fourth-order valence-electron chi connectivity index (χ4n) is 3.03. The highest BCUT2D eigenvalue weighted by Crippen LogP contribution is 2.25. The van der Waals surface area contributed by atoms with Crippen molar-refractivity contribution in [2.24, 2.45) is 0 Å². The maximum atomic E-state index is 10.0. The minimum absolute atomic E-state index is 0.150. The summed E-state index contributed by atoms with van der Waals surface area (Å²) in [5.41, 5.74) is 2.53. The molecule has 0 aromatic heterocycles. The summed E-state index contributed by atoms with van der Waals surface area (Å²) in [6.07, 6.45) is 23.2. The van der Waals surface area contributed by atoms with Gasteiger partial charge in [0, 0.05) is 11.4 Å². The first-order valence-corrected chi connectivity index (χ1v) is 11.1. The lowest BCUT2D eigenvalue weighted by atomic mass is 10.1. The molecular weight excluding hydrogens is 426 g/mol. The summed E-state index contributed by atoms with van der Waals surface area (Å²) in [7, 11) is 1.40. The van der Waals surface area contributed by atoms with E-state index in [1.807, 2.05) is 62.5 Å². The van der Waals surface area contributed by atoms with Crippen molar-refractivity contribution in [3.05, 3.63) is 134 Å². The van der Waals surface area contributed by atoms with Gasteiger partial charge in [-0.1, -0.05) is 74.9 Å². The lowest BCUT2D eigenvalue weighted by Crippen LogP contribution is -2.26. The van der Waals surface area contributed by atoms with Crippen molar-refractivity contribution in [1.82, 2.24) is 4.90 Å². The van der Waals surface area contributed by atoms with Crippen molar-refractivity contribution >= 4 is 0 Å². The number of rotatable bonds is 14. The summed E-state index contributed by atoms with van der Waals surface area (Å²) in [6, 6.07) is 0. The molecule has 0 aromatic rings. The van der Waals surface area contributed by atoms with E-state index in [1.54, 1.807) is 23.1 Å². The van der Waals surface area contributed by atoms with Crippen LogP contribution in [0, 0.1) is 0 Å². The number of aliphatic hydroxyl groups excluding tert-OH is 1. The van der Waals surface area contributed by atoms with Gasteiger partial charge in [-0.05, 0) is 50.5 Å². The largest absolute Gasteiger partial charge is 0.486 e. The molecule has 0 saturated heterocycles. The summed E-state index contributed by atoms with van der Waals surface area (Å²) in [6.45, 7) is 19.8. The molecule has 0 saturated carbocycles. The molecule has 0 amide bonds. The van der Waals surface area contributed by atoms with Crippen LogP contribution < -0.4 is 0 Å². The van der Waals surface area contributed by atoms with Gasteiger partial charge >= 0.3 is 0 Å². The molecule has 1 heterocycles. The molecule has 0 aliphatic carbocycles. The number of hydrogen-bond acceptors (Lipinski definition) is 5. The van der Waals surface area contributed by atoms with Crippen LogP contribution in [0.4, 0.5) is 0 Å². The molecule has 0 bridgehead atoms. The third-order valence-corrected chi connectivity index (χ3v) is 4.76. The number of nitrogens with zero attached hydrogens (tertiary/aromatic N) is 1. The Morgan fingerprint density at radius 3 is 2.47 bits per heavy atom. The molecule has 182 valence electrons. The Morgan fingerprint density at radius 1 is 1.15 bits per heavy atom. The van der Waals surface area contributed by atoms with E-state index in [0.29, 0.717) is 31.0 Å². The molecule has 1 aliphatic heterocycles. The van der Waals surface area contributed by atoms with Crippen LogP contribution in [0.2, 0.25) is 0 Å². The van der Waals surface area contributed by atoms with Gasteiger partial charge in [0.25, 0.3) is 5.95 Å². The van der Waals surface area contributed by atoms with Crippen LogP contribution in [0.1, 0.15) is 26.7 Å². The van der Waals surface area contributed by atoms with E-state index in [0.717, 1.165) is 17.0 Å². The van der Waals surface area contributed by atoms with Crippen molar-refractivity contribution in [2.75, 3.05) is 13.7 Å². The highest BCUT2D eigenvalue weighted by atomic mass is 16.6. The van der Waals surface area contributed by atoms with Crippen molar-refractivity contribution in [3.63, 3.8) is 0 Å². The fraction of sp³-hybridized carbons (Fsp3) is 0.241. The number of aliphatic hydroxyl groups is 1. The molecule has 0 aromatic carbocycles. The summed E-state index contributed by atoms with van der Waals surface area (Å²) in [4.78, 5) is 1.79. The van der Waals surface area contributed by atoms with Gasteiger partial charge in [0.05, 0.1) is 13.3 Å². The highest BCUT2D eigenvalue weighted by Gasteiger charge is 2.21. The molecule has 1 unspecified atom stereocenters. The topological polar surface area (TPSA) is 51.2 Å². The molecule has 34 heavy (non-hydrogen) atoms. The number of methoxy groups -OCH3 is 1. The Bertz CT molecular complexity index is 941. The van der Waals surface area contributed by atoms with Crippen LogP contribution >= 0.6 is 0 Å². The quantitative estimate of drug-likeness (QED) is 0.216. The van der Waals surface area contributed by atoms with E-state index in [4.69, 9.17) is 14.2 Å². The normalized spacial score (nSPS) is 17.6. The standard InChI is InChI=1S/C29H37NO4/c1-8-12-13-14-15-17-25(16-9-2)20-24(6)30(21-29(31)32-7)23(5)18-19-26-22-33-27(10-3)28(11-4)34-26/h8-17,20-21,26,31H,2-5,18-19,22H2,1,6-7H3/b12-8-,14-13-,17-15+,24-20+,25-16-,29-21-. The van der Waals surface area contributed by atoms with E-state index in [1.165, 1.54) is 13.3 Å². The first-order chi connectivity index (χ1) is 16.4. The first kappa shape index (κ1) is 28.2. The summed E-state index contributed by atoms with van der Waals surface area (Å²) in [5.74, 6) is 0.947. The van der Waals surface area contributed by atoms with E-state index < -0.39 is 0 Å². The second-order valence-electron chi connectivity index (χ2n) is 7.29. The Hall–Kier alpha value is -3.86. The summed E-state index contributed by atoms with van der Waals surface area (Å²) >= 11 is 0. The zero-order chi connectivity index (χ0) is 25.3. The van der Waals surface area contributed by atoms with Crippen LogP contribution in [-0.2, 0) is 14.2 Å². The summed E-state index contributed by atoms with van der Waals surface area (Å²) in [5, 5.41) is 10.0. The van der Waals surface area contributed by atoms with E-state index in [9.17, 15) is 5.11 Å². The predicted octanol–water partition coefficient (Wildman–Crippen LogP) is 7.29. The smallest absolute Gasteiger partial charge is 0.293 e. The molecule has 0 radical (unpaired) electrons. The third-order valence-electron chi connectivity index (χ3n) is 4.76. The van der Waals surface area contributed by atoms with Crippen LogP contribution in [0.15, 0.2) is 134 Å². The molecular formula is C29H37NO4. The van der Waals surface area contributed by atoms with Gasteiger partial charge in [-0.2, -0.15) is 0 Å². The average molecular weight is 464 g/mol. The van der Waals surface area contributed by atoms with Gasteiger partial charge in [0.2, 0.25) is 0 Å². The second-order valence-corrected chi connectivity index (χ2v) is 7.29. The fourth-order valence-corrected chi connectivity index (χ4v) is 3.03. The SMILES string of the molecule is C=C/C=C(/C=C/C=C\C=C/C)\C=C(/C)N(/C=C(/O)OC)C(=C)CCC1COC(C=C)=C(C=C)O1. The molecule has 5 nitrogen and oxygen atoms in total. The number of allylic oxidation sites excluding steroid dienone is 14. The molecule has 5 heteroatoms. The molecule has 0 spiro atoms. The Balaban J connectivity index is 3.04. The van der Waals surface area contributed by atoms with Crippen LogP contribution in [0.5, 0.6) is 0 Å². The molecule has 1 aliphatic rings. The minimum Gasteiger partial charge on any atom is -0.486 e. The highest BCUT2D eigenvalue weighted by molar-refractivity contribution is 5.38. The zero-order valence-electron chi connectivity index (χ0n) is 20.6. The number of ether oxygens (including phenoxy) is 3. The Kier molecular flexibility index (Phi) is 13.1. The van der Waals surface area contributed by atoms with Gasteiger partial charge in [-0.3, -0.25) is 0 Å². The molecule has 1 atom stereocenters. The third kappa shape index (κ3) is 9.74. The Labute approximate surface area is 204 Å². The van der Waals surface area contributed by atoms with E-state index in [-0.39, 0.29) is 12.0 Å². The van der Waals surface area contributed by atoms with Gasteiger partial charge in [-0.15, -0.1) is 0 Å². The minimum atomic E-state index is -0.224. The van der Waals surface area contributed by atoms with Crippen molar-refractivity contribution in [2.45, 2.75) is 32.8 Å². The summed E-state index contributed by atoms with van der Waals surface area (Å²) < 4.78 is 16.6. The van der Waals surface area contributed by atoms with Crippen LogP contribution in [0.25, 0.3) is 0 Å². The van der Waals surface area contributed by atoms with Gasteiger partial charge in [0.15, 0.2) is 11.5 Å². The van der Waals surface area contributed by atoms with Crippen LogP contribution in [-0.4, -0.2) is 29.8 Å². The molecule has 0 fully saturated rings. The molecule has 1 rings (SSSR count). The maximum absolute atomic E-state index is 10.0. The monoisotopic (exact) mass is 463 g/mol. The zero-order valence-corrected chi connectivity index (χ0v) is 20.6. The van der Waals surface area contributed by atoms with E-state index in [2.05, 4.69) is 26.3 Å². The lowest BCUT2D eigenvalue weighted by Gasteiger charge is -2.29. The Morgan fingerprint density at radius 2 is 1.85 bits per heavy atom. The molecule has 1 N–H and O–H groups in total. The first-order valence-electron chi connectivity index (χ1n) is 11.1. The van der Waals surface area contributed by atoms with Crippen molar-refractivity contribution in [1.29, 1.82) is 0 Å². The second kappa shape index (κ2) is 15.9. The van der Waals surface area contributed by atoms with E-state index >= 15 is 0 Å². The van der Waals surface area contributed by atoms with Crippen molar-refractivity contribution < 1.29 is 19.3 Å². The van der Waals surface area contributed by atoms with Gasteiger partial charge in [0.1, 0.15) is 12.7 Å². The lowest BCUT2D eigenvalue weighted by molar-refractivity contribution is 0.00350. The van der Waals surface area contributed by atoms with Crippen molar-refractivity contribution in [3.8, 4) is 0 Å². The predicted molar refractivity (Wildman–Crippen MR) is 141 cm³/mol. The average Bonchev–Trinajstić information content (AvgIpc) is 2.85. The van der Waals surface area contributed by atoms with Crippen LogP contribution in [0.3, 0.4) is 0 Å². The van der Waals surface area contributed by atoms with Gasteiger partial charge < -0.3 is 24.2 Å². The maximum Gasteiger partial charge on any atom is 0.293 e. The van der Waals surface area contributed by atoms with Gasteiger partial charge in [-0.25, -0.2) is 0 Å². The number of hydrogen-bond donors (Lipinski definition) is 1.